The molecule has 0 heterocycles. The second kappa shape index (κ2) is 5.73. The highest BCUT2D eigenvalue weighted by atomic mass is 16.2. The number of hydrogen-bond acceptors (Lipinski definition) is 2. The van der Waals surface area contributed by atoms with Crippen LogP contribution in [-0.4, -0.2) is 18.2 Å². The van der Waals surface area contributed by atoms with Gasteiger partial charge in [0.15, 0.2) is 11.5 Å². The number of carbonyl (C=O) groups excluding carboxylic acids is 2. The highest BCUT2D eigenvalue weighted by Gasteiger charge is 2.54. The fraction of sp³-hybridized carbons (Fsp3) is 0.550. The summed E-state index contributed by atoms with van der Waals surface area (Å²) in [6, 6.07) is 6.60. The molecule has 1 N–H and O–H groups in total. The Morgan fingerprint density at radius 2 is 1.58 bits per heavy atom. The van der Waals surface area contributed by atoms with Crippen LogP contribution in [0.5, 0.6) is 0 Å². The van der Waals surface area contributed by atoms with Crippen LogP contribution in [-0.2, 0) is 4.79 Å². The van der Waals surface area contributed by atoms with Gasteiger partial charge in [-0.2, -0.15) is 0 Å². The van der Waals surface area contributed by atoms with Gasteiger partial charge >= 0.3 is 0 Å². The van der Waals surface area contributed by atoms with Crippen LogP contribution in [0, 0.1) is 29.7 Å². The Kier molecular flexibility index (Phi) is 3.68. The summed E-state index contributed by atoms with van der Waals surface area (Å²) >= 11 is 0. The van der Waals surface area contributed by atoms with Gasteiger partial charge in [0.05, 0.1) is 13.1 Å². The molecule has 0 aliphatic heterocycles. The van der Waals surface area contributed by atoms with Crippen LogP contribution in [0.3, 0.4) is 0 Å². The van der Waals surface area contributed by atoms with Crippen molar-refractivity contribution in [2.24, 2.45) is 23.2 Å². The number of amides is 1. The van der Waals surface area contributed by atoms with Crippen molar-refractivity contribution in [2.75, 3.05) is 6.54 Å². The summed E-state index contributed by atoms with van der Waals surface area (Å²) < 4.78 is 0. The largest absolute Gasteiger partial charge is 0.348 e. The van der Waals surface area contributed by atoms with Crippen molar-refractivity contribution in [1.82, 2.24) is 5.32 Å². The smallest absolute Gasteiger partial charge is 0.226 e. The molecule has 4 fully saturated rings. The first-order valence-corrected chi connectivity index (χ1v) is 8.87. The SMILES string of the molecule is [C-]#[N+]c1ccc(C(=O)CNC(=O)C23CC4CC(CC(C4)C2)C3)cc1. The van der Waals surface area contributed by atoms with E-state index in [1.54, 1.807) is 24.3 Å². The topological polar surface area (TPSA) is 50.5 Å². The Morgan fingerprint density at radius 3 is 2.08 bits per heavy atom. The van der Waals surface area contributed by atoms with Crippen molar-refractivity contribution in [3.05, 3.63) is 41.2 Å². The molecule has 4 aliphatic rings. The van der Waals surface area contributed by atoms with E-state index in [1.807, 2.05) is 0 Å². The van der Waals surface area contributed by atoms with E-state index in [-0.39, 0.29) is 23.7 Å². The van der Waals surface area contributed by atoms with Gasteiger partial charge in [-0.1, -0.05) is 24.3 Å². The molecule has 0 aromatic heterocycles. The van der Waals surface area contributed by atoms with E-state index in [9.17, 15) is 9.59 Å². The summed E-state index contributed by atoms with van der Waals surface area (Å²) in [4.78, 5) is 28.4. The summed E-state index contributed by atoms with van der Waals surface area (Å²) in [6.45, 7) is 6.99. The maximum absolute atomic E-state index is 12.8. The molecular formula is C20H22N2O2. The van der Waals surface area contributed by atoms with E-state index in [0.717, 1.165) is 37.0 Å². The fourth-order valence-corrected chi connectivity index (χ4v) is 5.56. The first kappa shape index (κ1) is 15.4. The van der Waals surface area contributed by atoms with E-state index in [2.05, 4.69) is 10.2 Å². The van der Waals surface area contributed by atoms with Crippen molar-refractivity contribution < 1.29 is 9.59 Å². The average Bonchev–Trinajstić information content (AvgIpc) is 2.58. The number of rotatable bonds is 4. The van der Waals surface area contributed by atoms with Crippen molar-refractivity contribution in [3.8, 4) is 0 Å². The molecule has 4 aliphatic carbocycles. The Hall–Kier alpha value is -2.15. The quantitative estimate of drug-likeness (QED) is 0.678. The first-order valence-electron chi connectivity index (χ1n) is 8.87. The van der Waals surface area contributed by atoms with Crippen molar-refractivity contribution >= 4 is 17.4 Å². The third kappa shape index (κ3) is 2.62. The van der Waals surface area contributed by atoms with Gasteiger partial charge in [-0.25, -0.2) is 4.85 Å². The van der Waals surface area contributed by atoms with Crippen LogP contribution in [0.4, 0.5) is 5.69 Å². The second-order valence-electron chi connectivity index (χ2n) is 7.96. The van der Waals surface area contributed by atoms with Crippen LogP contribution >= 0.6 is 0 Å². The summed E-state index contributed by atoms with van der Waals surface area (Å²) in [6.07, 6.45) is 6.95. The Morgan fingerprint density at radius 1 is 1.04 bits per heavy atom. The maximum atomic E-state index is 12.8. The van der Waals surface area contributed by atoms with E-state index >= 15 is 0 Å². The van der Waals surface area contributed by atoms with E-state index in [4.69, 9.17) is 6.57 Å². The van der Waals surface area contributed by atoms with Crippen LogP contribution in [0.1, 0.15) is 48.9 Å². The number of nitrogens with zero attached hydrogens (tertiary/aromatic N) is 1. The lowest BCUT2D eigenvalue weighted by Crippen LogP contribution is -2.54. The fourth-order valence-electron chi connectivity index (χ4n) is 5.56. The van der Waals surface area contributed by atoms with Crippen LogP contribution in [0.15, 0.2) is 24.3 Å². The summed E-state index contributed by atoms with van der Waals surface area (Å²) in [5, 5.41) is 2.92. The third-order valence-electron chi connectivity index (χ3n) is 6.25. The molecule has 4 bridgehead atoms. The Balaban J connectivity index is 1.39. The van der Waals surface area contributed by atoms with Crippen molar-refractivity contribution in [1.29, 1.82) is 0 Å². The molecule has 0 unspecified atom stereocenters. The number of Topliss-reactive ketones (excluding diaryl/α,β-unsaturated/α-hetero) is 1. The summed E-state index contributed by atoms with van der Waals surface area (Å²) in [5.74, 6) is 2.16. The molecule has 0 radical (unpaired) electrons. The zero-order valence-corrected chi connectivity index (χ0v) is 13.8. The molecule has 1 amide bonds. The lowest BCUT2D eigenvalue weighted by atomic mass is 9.49. The molecule has 1 aromatic rings. The standard InChI is InChI=1S/C20H22N2O2/c1-21-17-4-2-16(3-5-17)18(23)12-22-19(24)20-9-13-6-14(10-20)8-15(7-13)11-20/h2-5,13-15H,6-12H2,(H,22,24). The minimum atomic E-state index is -0.205. The van der Waals surface area contributed by atoms with Crippen molar-refractivity contribution in [2.45, 2.75) is 38.5 Å². The zero-order chi connectivity index (χ0) is 16.7. The molecule has 1 aromatic carbocycles. The predicted molar refractivity (Wildman–Crippen MR) is 90.6 cm³/mol. The normalized spacial score (nSPS) is 33.0. The summed E-state index contributed by atoms with van der Waals surface area (Å²) in [5.41, 5.74) is 0.862. The lowest BCUT2D eigenvalue weighted by Gasteiger charge is -2.55. The molecule has 4 saturated carbocycles. The molecule has 5 rings (SSSR count). The number of nitrogens with one attached hydrogen (secondary N) is 1. The monoisotopic (exact) mass is 322 g/mol. The number of carbonyl (C=O) groups is 2. The van der Waals surface area contributed by atoms with Gasteiger partial charge in [-0.3, -0.25) is 9.59 Å². The predicted octanol–water partition coefficient (Wildman–Crippen LogP) is 3.75. The van der Waals surface area contributed by atoms with Gasteiger partial charge in [0.1, 0.15) is 0 Å². The average molecular weight is 322 g/mol. The number of benzene rings is 1. The molecule has 0 spiro atoms. The van der Waals surface area contributed by atoms with Crippen LogP contribution < -0.4 is 5.32 Å². The lowest BCUT2D eigenvalue weighted by molar-refractivity contribution is -0.146. The molecule has 4 nitrogen and oxygen atoms in total. The molecule has 124 valence electrons. The molecule has 0 atom stereocenters. The first-order chi connectivity index (χ1) is 11.6. The summed E-state index contributed by atoms with van der Waals surface area (Å²) in [7, 11) is 0. The van der Waals surface area contributed by atoms with Gasteiger partial charge in [-0.05, 0) is 56.3 Å². The maximum Gasteiger partial charge on any atom is 0.226 e. The number of ketones is 1. The van der Waals surface area contributed by atoms with Crippen LogP contribution in [0.25, 0.3) is 4.85 Å². The third-order valence-corrected chi connectivity index (χ3v) is 6.25. The highest BCUT2D eigenvalue weighted by molar-refractivity contribution is 6.00. The van der Waals surface area contributed by atoms with Crippen LogP contribution in [0.2, 0.25) is 0 Å². The minimum absolute atomic E-state index is 0.0535. The molecule has 4 heteroatoms. The second-order valence-corrected chi connectivity index (χ2v) is 7.96. The van der Waals surface area contributed by atoms with Crippen molar-refractivity contribution in [3.63, 3.8) is 0 Å². The van der Waals surface area contributed by atoms with E-state index < -0.39 is 0 Å². The molecular weight excluding hydrogens is 300 g/mol. The van der Waals surface area contributed by atoms with Gasteiger partial charge < -0.3 is 5.32 Å². The van der Waals surface area contributed by atoms with E-state index in [0.29, 0.717) is 11.3 Å². The minimum Gasteiger partial charge on any atom is -0.348 e. The molecule has 24 heavy (non-hydrogen) atoms. The van der Waals surface area contributed by atoms with Gasteiger partial charge in [0.25, 0.3) is 0 Å². The zero-order valence-electron chi connectivity index (χ0n) is 13.8. The van der Waals surface area contributed by atoms with Gasteiger partial charge in [-0.15, -0.1) is 0 Å². The Labute approximate surface area is 142 Å². The van der Waals surface area contributed by atoms with Gasteiger partial charge in [0.2, 0.25) is 5.91 Å². The molecule has 0 saturated heterocycles. The highest BCUT2D eigenvalue weighted by Crippen LogP contribution is 2.60. The van der Waals surface area contributed by atoms with E-state index in [1.165, 1.54) is 19.3 Å². The van der Waals surface area contributed by atoms with Gasteiger partial charge in [0, 0.05) is 11.0 Å². The Bertz CT molecular complexity index is 679. The number of hydrogen-bond donors (Lipinski definition) is 1.